The van der Waals surface area contributed by atoms with Crippen LogP contribution in [0.4, 0.5) is 0 Å². The van der Waals surface area contributed by atoms with Crippen LogP contribution in [-0.2, 0) is 19.2 Å². The predicted molar refractivity (Wildman–Crippen MR) is 44.1 cm³/mol. The van der Waals surface area contributed by atoms with Crippen LogP contribution < -0.4 is 226 Å². The molecule has 16 heteroatoms. The SMILES string of the molecule is O=C([O-])C(O)C(O)C(=O)[O-].O=C([O-])C(O)C(O)C(=O)[O-].[K+].[K+].[K+].[K+]. The van der Waals surface area contributed by atoms with Gasteiger partial charge in [-0.3, -0.25) is 0 Å². The Morgan fingerprint density at radius 3 is 0.583 bits per heavy atom. The number of aliphatic hydroxyl groups is 4. The topological polar surface area (TPSA) is 241 Å². The number of hydrogen-bond acceptors (Lipinski definition) is 12. The molecule has 0 fully saturated rings. The maximum absolute atomic E-state index is 9.63. The second-order valence-electron chi connectivity index (χ2n) is 3.06. The van der Waals surface area contributed by atoms with E-state index < -0.39 is 48.3 Å². The molecule has 0 radical (unpaired) electrons. The molecule has 4 unspecified atom stereocenters. The summed E-state index contributed by atoms with van der Waals surface area (Å²) in [5, 5.41) is 71.5. The fourth-order valence-electron chi connectivity index (χ4n) is 0.516. The van der Waals surface area contributed by atoms with E-state index in [-0.39, 0.29) is 206 Å². The number of carboxylic acid groups (broad SMARTS) is 4. The quantitative estimate of drug-likeness (QED) is 0.274. The molecule has 0 saturated heterocycles. The maximum atomic E-state index is 9.63. The van der Waals surface area contributed by atoms with Gasteiger partial charge in [0.1, 0.15) is 24.4 Å². The van der Waals surface area contributed by atoms with Gasteiger partial charge >= 0.3 is 206 Å². The minimum atomic E-state index is -2.44. The van der Waals surface area contributed by atoms with Crippen molar-refractivity contribution in [1.82, 2.24) is 0 Å². The first-order valence-electron chi connectivity index (χ1n) is 4.49. The molecule has 0 aromatic rings. The summed E-state index contributed by atoms with van der Waals surface area (Å²) in [7, 11) is 0. The van der Waals surface area contributed by atoms with Gasteiger partial charge in [-0.2, -0.15) is 0 Å². The molecule has 0 aliphatic carbocycles. The minimum Gasteiger partial charge on any atom is -0.547 e. The fourth-order valence-corrected chi connectivity index (χ4v) is 0.516. The van der Waals surface area contributed by atoms with Crippen LogP contribution in [-0.4, -0.2) is 68.7 Å². The Morgan fingerprint density at radius 1 is 0.458 bits per heavy atom. The first-order chi connectivity index (χ1) is 8.93. The zero-order valence-electron chi connectivity index (χ0n) is 13.4. The van der Waals surface area contributed by atoms with Crippen molar-refractivity contribution in [2.24, 2.45) is 0 Å². The molecule has 0 bridgehead atoms. The van der Waals surface area contributed by atoms with Gasteiger partial charge in [0.2, 0.25) is 0 Å². The van der Waals surface area contributed by atoms with Crippen molar-refractivity contribution in [2.45, 2.75) is 24.4 Å². The third-order valence-corrected chi connectivity index (χ3v) is 1.56. The van der Waals surface area contributed by atoms with Crippen molar-refractivity contribution in [1.29, 1.82) is 0 Å². The van der Waals surface area contributed by atoms with Crippen LogP contribution in [0.3, 0.4) is 0 Å². The largest absolute Gasteiger partial charge is 1.00 e. The number of aliphatic hydroxyl groups excluding tert-OH is 4. The first-order valence-corrected chi connectivity index (χ1v) is 4.49. The second-order valence-corrected chi connectivity index (χ2v) is 3.06. The molecule has 0 heterocycles. The average molecular weight is 453 g/mol. The van der Waals surface area contributed by atoms with Crippen molar-refractivity contribution in [3.63, 3.8) is 0 Å². The molecule has 0 spiro atoms. The number of hydrogen-bond donors (Lipinski definition) is 4. The Bertz CT molecular complexity index is 319. The van der Waals surface area contributed by atoms with E-state index in [4.69, 9.17) is 20.4 Å². The van der Waals surface area contributed by atoms with Gasteiger partial charge in [0.15, 0.2) is 0 Å². The summed E-state index contributed by atoms with van der Waals surface area (Å²) in [6.07, 6.45) is -9.76. The van der Waals surface area contributed by atoms with E-state index in [1.165, 1.54) is 0 Å². The van der Waals surface area contributed by atoms with E-state index in [0.717, 1.165) is 0 Å². The molecule has 0 amide bonds. The van der Waals surface area contributed by atoms with E-state index in [1.54, 1.807) is 0 Å². The molecule has 0 aliphatic heterocycles. The smallest absolute Gasteiger partial charge is 0.547 e. The Labute approximate surface area is 305 Å². The van der Waals surface area contributed by atoms with Crippen LogP contribution >= 0.6 is 0 Å². The molecule has 4 N–H and O–H groups in total. The van der Waals surface area contributed by atoms with E-state index in [9.17, 15) is 39.6 Å². The number of carbonyl (C=O) groups excluding carboxylic acids is 4. The van der Waals surface area contributed by atoms with Crippen molar-refractivity contribution >= 4 is 23.9 Å². The number of carboxylic acids is 4. The van der Waals surface area contributed by atoms with Crippen molar-refractivity contribution in [2.75, 3.05) is 0 Å². The summed E-state index contributed by atoms with van der Waals surface area (Å²) < 4.78 is 0. The maximum Gasteiger partial charge on any atom is 1.00 e. The van der Waals surface area contributed by atoms with Crippen LogP contribution in [0.25, 0.3) is 0 Å². The van der Waals surface area contributed by atoms with Gasteiger partial charge in [0, 0.05) is 0 Å². The number of aliphatic carboxylic acids is 4. The minimum absolute atomic E-state index is 0. The van der Waals surface area contributed by atoms with E-state index >= 15 is 0 Å². The third kappa shape index (κ3) is 21.0. The van der Waals surface area contributed by atoms with Crippen LogP contribution in [0.1, 0.15) is 0 Å². The van der Waals surface area contributed by atoms with E-state index in [0.29, 0.717) is 0 Å². The molecule has 0 aromatic carbocycles. The van der Waals surface area contributed by atoms with Gasteiger partial charge in [-0.15, -0.1) is 0 Å². The van der Waals surface area contributed by atoms with Gasteiger partial charge < -0.3 is 60.0 Å². The third-order valence-electron chi connectivity index (χ3n) is 1.56. The Kier molecular flexibility index (Phi) is 41.6. The summed E-state index contributed by atoms with van der Waals surface area (Å²) in [4.78, 5) is 38.5. The average Bonchev–Trinajstić information content (AvgIpc) is 2.35. The Balaban J connectivity index is -0.0000000579. The Hall–Kier alpha value is 4.27. The van der Waals surface area contributed by atoms with Gasteiger partial charge in [-0.25, -0.2) is 0 Å². The van der Waals surface area contributed by atoms with Crippen molar-refractivity contribution in [3.05, 3.63) is 0 Å². The summed E-state index contributed by atoms with van der Waals surface area (Å²) >= 11 is 0. The summed E-state index contributed by atoms with van der Waals surface area (Å²) in [5.74, 6) is -8.23. The Morgan fingerprint density at radius 2 is 0.542 bits per heavy atom. The van der Waals surface area contributed by atoms with Crippen LogP contribution in [0.2, 0.25) is 0 Å². The normalized spacial score (nSPS) is 13.2. The molecule has 116 valence electrons. The van der Waals surface area contributed by atoms with Crippen molar-refractivity contribution < 1.29 is 266 Å². The van der Waals surface area contributed by atoms with E-state index in [2.05, 4.69) is 0 Å². The molecule has 0 aromatic heterocycles. The summed E-state index contributed by atoms with van der Waals surface area (Å²) in [5.41, 5.74) is 0. The molecular weight excluding hydrogens is 444 g/mol. The molecule has 24 heavy (non-hydrogen) atoms. The standard InChI is InChI=1S/2C4H6O6.4K/c2*5-1(3(7)8)2(6)4(9)10;;;;/h2*1-2,5-6H,(H,7,8)(H,9,10);;;;/q;;4*+1/p-4. The number of carbonyl (C=O) groups is 4. The molecule has 0 rings (SSSR count). The molecular formula is C8H8K4O12. The van der Waals surface area contributed by atoms with Gasteiger partial charge in [0.25, 0.3) is 0 Å². The first kappa shape index (κ1) is 42.4. The monoisotopic (exact) mass is 452 g/mol. The second kappa shape index (κ2) is 23.5. The summed E-state index contributed by atoms with van der Waals surface area (Å²) in [6, 6.07) is 0. The zero-order chi connectivity index (χ0) is 16.6. The van der Waals surface area contributed by atoms with Crippen LogP contribution in [0, 0.1) is 0 Å². The predicted octanol–water partition coefficient (Wildman–Crippen LogP) is -21.6. The fraction of sp³-hybridized carbons (Fsp3) is 0.500. The molecule has 12 nitrogen and oxygen atoms in total. The number of rotatable bonds is 6. The van der Waals surface area contributed by atoms with Gasteiger partial charge in [-0.05, 0) is 0 Å². The molecule has 0 saturated carbocycles. The van der Waals surface area contributed by atoms with E-state index in [1.807, 2.05) is 0 Å². The van der Waals surface area contributed by atoms with Gasteiger partial charge in [-0.1, -0.05) is 0 Å². The zero-order valence-corrected chi connectivity index (χ0v) is 25.9. The van der Waals surface area contributed by atoms with Crippen molar-refractivity contribution in [3.8, 4) is 0 Å². The van der Waals surface area contributed by atoms with Crippen LogP contribution in [0.5, 0.6) is 0 Å². The van der Waals surface area contributed by atoms with Crippen LogP contribution in [0.15, 0.2) is 0 Å². The van der Waals surface area contributed by atoms with Gasteiger partial charge in [0.05, 0.1) is 23.9 Å². The molecule has 4 atom stereocenters. The summed E-state index contributed by atoms with van der Waals surface area (Å²) in [6.45, 7) is 0. The molecule has 0 aliphatic rings.